The Kier molecular flexibility index (Phi) is 6.42. The van der Waals surface area contributed by atoms with E-state index in [9.17, 15) is 18.3 Å². The van der Waals surface area contributed by atoms with Crippen LogP contribution in [0.5, 0.6) is 0 Å². The van der Waals surface area contributed by atoms with Gasteiger partial charge in [0, 0.05) is 25.2 Å². The maximum atomic E-state index is 12.3. The molecule has 0 radical (unpaired) electrons. The van der Waals surface area contributed by atoms with Gasteiger partial charge in [0.05, 0.1) is 18.6 Å². The number of aryl methyl sites for hydroxylation is 1. The number of hydrogen-bond donors (Lipinski definition) is 2. The van der Waals surface area contributed by atoms with E-state index in [-0.39, 0.29) is 13.2 Å². The second-order valence-electron chi connectivity index (χ2n) is 6.66. The summed E-state index contributed by atoms with van der Waals surface area (Å²) in [4.78, 5) is 12.3. The number of amides is 1. The number of nitrogens with zero attached hydrogens (tertiary/aromatic N) is 1. The molecule has 0 spiro atoms. The Bertz CT molecular complexity index is 699. The third-order valence-electron chi connectivity index (χ3n) is 4.53. The Morgan fingerprint density at radius 3 is 2.60 bits per heavy atom. The molecule has 25 heavy (non-hydrogen) atoms. The number of carbonyl (C=O) groups excluding carboxylic acids is 1. The maximum Gasteiger partial charge on any atom is 0.240 e. The van der Waals surface area contributed by atoms with Gasteiger partial charge in [0.25, 0.3) is 0 Å². The van der Waals surface area contributed by atoms with Crippen LogP contribution in [0.25, 0.3) is 0 Å². The third-order valence-corrected chi connectivity index (χ3v) is 5.67. The first kappa shape index (κ1) is 19.7. The van der Waals surface area contributed by atoms with E-state index < -0.39 is 21.3 Å². The Hall–Kier alpha value is -1.64. The second kappa shape index (κ2) is 8.16. The zero-order chi connectivity index (χ0) is 18.5. The maximum absolute atomic E-state index is 12.3. The fourth-order valence-corrected chi connectivity index (χ4v) is 3.70. The molecule has 1 fully saturated rings. The number of hydrogen-bond acceptors (Lipinski definition) is 5. The molecule has 0 aromatic heterocycles. The quantitative estimate of drug-likeness (QED) is 0.735. The number of anilines is 1. The lowest BCUT2D eigenvalue weighted by Crippen LogP contribution is -2.47. The van der Waals surface area contributed by atoms with Gasteiger partial charge < -0.3 is 15.2 Å². The molecule has 0 saturated carbocycles. The summed E-state index contributed by atoms with van der Waals surface area (Å²) in [6, 6.07) is 7.00. The van der Waals surface area contributed by atoms with E-state index in [2.05, 4.69) is 5.32 Å². The summed E-state index contributed by atoms with van der Waals surface area (Å²) in [6.07, 6.45) is 2.41. The van der Waals surface area contributed by atoms with Crippen LogP contribution in [0, 0.1) is 12.3 Å². The Labute approximate surface area is 149 Å². The van der Waals surface area contributed by atoms with Crippen LogP contribution < -0.4 is 9.62 Å². The lowest BCUT2D eigenvalue weighted by Gasteiger charge is -2.35. The lowest BCUT2D eigenvalue weighted by molar-refractivity contribution is -0.120. The summed E-state index contributed by atoms with van der Waals surface area (Å²) in [7, 11) is -3.59. The standard InChI is InChI=1S/C17H26N2O5S/c1-14-4-3-5-15(10-14)19(25(2,22)23)11-16(21)18-12-17(13-20)6-8-24-9-7-17/h3-5,10,20H,6-9,11-13H2,1-2H3,(H,18,21). The molecule has 1 aromatic rings. The largest absolute Gasteiger partial charge is 0.396 e. The normalized spacial score (nSPS) is 17.1. The zero-order valence-electron chi connectivity index (χ0n) is 14.7. The van der Waals surface area contributed by atoms with Crippen molar-refractivity contribution in [3.8, 4) is 0 Å². The number of sulfonamides is 1. The smallest absolute Gasteiger partial charge is 0.240 e. The fourth-order valence-electron chi connectivity index (χ4n) is 2.85. The molecule has 2 N–H and O–H groups in total. The fraction of sp³-hybridized carbons (Fsp3) is 0.588. The molecule has 1 saturated heterocycles. The number of nitrogens with one attached hydrogen (secondary N) is 1. The Morgan fingerprint density at radius 2 is 2.04 bits per heavy atom. The van der Waals surface area contributed by atoms with Crippen molar-refractivity contribution in [3.05, 3.63) is 29.8 Å². The van der Waals surface area contributed by atoms with Crippen molar-refractivity contribution in [1.82, 2.24) is 5.32 Å². The highest BCUT2D eigenvalue weighted by Gasteiger charge is 2.32. The molecule has 0 unspecified atom stereocenters. The van der Waals surface area contributed by atoms with Gasteiger partial charge >= 0.3 is 0 Å². The minimum absolute atomic E-state index is 0.0374. The van der Waals surface area contributed by atoms with Gasteiger partial charge in [0.15, 0.2) is 0 Å². The topological polar surface area (TPSA) is 95.9 Å². The van der Waals surface area contributed by atoms with E-state index in [1.54, 1.807) is 18.2 Å². The number of carbonyl (C=O) groups is 1. The van der Waals surface area contributed by atoms with Gasteiger partial charge in [-0.15, -0.1) is 0 Å². The van der Waals surface area contributed by atoms with E-state index in [4.69, 9.17) is 4.74 Å². The minimum atomic E-state index is -3.59. The molecule has 8 heteroatoms. The molecule has 7 nitrogen and oxygen atoms in total. The van der Waals surface area contributed by atoms with E-state index in [0.717, 1.165) is 16.1 Å². The van der Waals surface area contributed by atoms with Gasteiger partial charge in [-0.3, -0.25) is 9.10 Å². The molecule has 0 bridgehead atoms. The molecular weight excluding hydrogens is 344 g/mol. The second-order valence-corrected chi connectivity index (χ2v) is 8.56. The first-order chi connectivity index (χ1) is 11.8. The van der Waals surface area contributed by atoms with Crippen LogP contribution in [0.1, 0.15) is 18.4 Å². The highest BCUT2D eigenvalue weighted by atomic mass is 32.2. The lowest BCUT2D eigenvalue weighted by atomic mass is 9.81. The van der Waals surface area contributed by atoms with Crippen molar-refractivity contribution in [2.24, 2.45) is 5.41 Å². The average molecular weight is 370 g/mol. The predicted octanol–water partition coefficient (Wildman–Crippen LogP) is 0.666. The van der Waals surface area contributed by atoms with Gasteiger partial charge in [0.2, 0.25) is 15.9 Å². The predicted molar refractivity (Wildman–Crippen MR) is 96.0 cm³/mol. The number of benzene rings is 1. The van der Waals surface area contributed by atoms with E-state index in [1.165, 1.54) is 0 Å². The number of aliphatic hydroxyl groups excluding tert-OH is 1. The van der Waals surface area contributed by atoms with Crippen LogP contribution in [-0.2, 0) is 19.6 Å². The van der Waals surface area contributed by atoms with E-state index in [0.29, 0.717) is 38.3 Å². The summed E-state index contributed by atoms with van der Waals surface area (Å²) in [6.45, 7) is 2.94. The van der Waals surface area contributed by atoms with Gasteiger partial charge in [-0.05, 0) is 37.5 Å². The summed E-state index contributed by atoms with van der Waals surface area (Å²) in [5.74, 6) is -0.397. The molecule has 1 aliphatic rings. The van der Waals surface area contributed by atoms with Gasteiger partial charge in [-0.1, -0.05) is 12.1 Å². The van der Waals surface area contributed by atoms with Crippen molar-refractivity contribution in [2.45, 2.75) is 19.8 Å². The van der Waals surface area contributed by atoms with Gasteiger partial charge in [-0.25, -0.2) is 8.42 Å². The van der Waals surface area contributed by atoms with Crippen LogP contribution in [-0.4, -0.2) is 58.6 Å². The van der Waals surface area contributed by atoms with Crippen LogP contribution in [0.2, 0.25) is 0 Å². The van der Waals surface area contributed by atoms with Crippen LogP contribution in [0.3, 0.4) is 0 Å². The van der Waals surface area contributed by atoms with Crippen molar-refractivity contribution in [1.29, 1.82) is 0 Å². The highest BCUT2D eigenvalue weighted by molar-refractivity contribution is 7.92. The number of ether oxygens (including phenoxy) is 1. The SMILES string of the molecule is Cc1cccc(N(CC(=O)NCC2(CO)CCOCC2)S(C)(=O)=O)c1. The number of aliphatic hydroxyl groups is 1. The number of rotatable bonds is 7. The van der Waals surface area contributed by atoms with Crippen LogP contribution >= 0.6 is 0 Å². The molecule has 140 valence electrons. The molecule has 1 aliphatic heterocycles. The summed E-state index contributed by atoms with van der Waals surface area (Å²) in [5, 5.41) is 12.4. The third kappa shape index (κ3) is 5.42. The molecule has 1 heterocycles. The zero-order valence-corrected chi connectivity index (χ0v) is 15.5. The Balaban J connectivity index is 2.05. The summed E-state index contributed by atoms with van der Waals surface area (Å²) < 4.78 is 30.6. The molecule has 2 rings (SSSR count). The molecule has 0 atom stereocenters. The first-order valence-corrected chi connectivity index (χ1v) is 10.1. The van der Waals surface area contributed by atoms with Gasteiger partial charge in [-0.2, -0.15) is 0 Å². The van der Waals surface area contributed by atoms with Crippen molar-refractivity contribution >= 4 is 21.6 Å². The van der Waals surface area contributed by atoms with Crippen molar-refractivity contribution in [2.75, 3.05) is 43.5 Å². The first-order valence-electron chi connectivity index (χ1n) is 8.25. The van der Waals surface area contributed by atoms with E-state index in [1.807, 2.05) is 13.0 Å². The van der Waals surface area contributed by atoms with Crippen LogP contribution in [0.15, 0.2) is 24.3 Å². The highest BCUT2D eigenvalue weighted by Crippen LogP contribution is 2.29. The van der Waals surface area contributed by atoms with Gasteiger partial charge in [0.1, 0.15) is 6.54 Å². The molecule has 1 amide bonds. The minimum Gasteiger partial charge on any atom is -0.396 e. The molecular formula is C17H26N2O5S. The molecule has 0 aliphatic carbocycles. The van der Waals surface area contributed by atoms with E-state index >= 15 is 0 Å². The summed E-state index contributed by atoms with van der Waals surface area (Å²) in [5.41, 5.74) is 0.973. The summed E-state index contributed by atoms with van der Waals surface area (Å²) >= 11 is 0. The monoisotopic (exact) mass is 370 g/mol. The van der Waals surface area contributed by atoms with Crippen molar-refractivity contribution < 1.29 is 23.1 Å². The molecule has 1 aromatic carbocycles. The van der Waals surface area contributed by atoms with Crippen molar-refractivity contribution in [3.63, 3.8) is 0 Å². The Morgan fingerprint density at radius 1 is 1.36 bits per heavy atom. The average Bonchev–Trinajstić information content (AvgIpc) is 2.57. The van der Waals surface area contributed by atoms with Crippen LogP contribution in [0.4, 0.5) is 5.69 Å².